The minimum atomic E-state index is -0.870. The molecule has 0 amide bonds. The first-order chi connectivity index (χ1) is 17.9. The molecule has 8 heteroatoms. The second kappa shape index (κ2) is 12.1. The van der Waals surface area contributed by atoms with Crippen molar-refractivity contribution in [3.63, 3.8) is 0 Å². The Labute approximate surface area is 237 Å². The number of nitrogens with two attached hydrogens (primary N) is 1. The van der Waals surface area contributed by atoms with Crippen LogP contribution in [0.1, 0.15) is 58.1 Å². The Morgan fingerprint density at radius 3 is 2.39 bits per heavy atom. The first kappa shape index (κ1) is 29.7. The molecule has 2 aliphatic rings. The van der Waals surface area contributed by atoms with E-state index in [2.05, 4.69) is 50.2 Å². The SMILES string of the molecule is C[C@@H]1CN(CCNC[C@@H]2N[C@@H](CC(C)(C)C)[C@](N)(c3ccc(Cl)cc3)[C@H]2c2cccc(Cl)c2F)C[C@H](C)O1. The molecule has 2 aliphatic heterocycles. The predicted octanol–water partition coefficient (Wildman–Crippen LogP) is 5.55. The maximum absolute atomic E-state index is 15.6. The van der Waals surface area contributed by atoms with Gasteiger partial charge in [0.05, 0.1) is 22.8 Å². The predicted molar refractivity (Wildman–Crippen MR) is 156 cm³/mol. The summed E-state index contributed by atoms with van der Waals surface area (Å²) in [7, 11) is 0. The van der Waals surface area contributed by atoms with Crippen molar-refractivity contribution in [3.8, 4) is 0 Å². The summed E-state index contributed by atoms with van der Waals surface area (Å²) >= 11 is 12.5. The van der Waals surface area contributed by atoms with Gasteiger partial charge in [0.2, 0.25) is 0 Å². The molecule has 5 nitrogen and oxygen atoms in total. The van der Waals surface area contributed by atoms with Crippen molar-refractivity contribution in [1.82, 2.24) is 15.5 Å². The zero-order valence-corrected chi connectivity index (χ0v) is 24.7. The zero-order chi connectivity index (χ0) is 27.7. The van der Waals surface area contributed by atoms with Crippen LogP contribution in [0.5, 0.6) is 0 Å². The molecule has 2 aromatic rings. The summed E-state index contributed by atoms with van der Waals surface area (Å²) in [6.45, 7) is 15.1. The fourth-order valence-corrected chi connectivity index (χ4v) is 6.68. The summed E-state index contributed by atoms with van der Waals surface area (Å²) < 4.78 is 21.5. The van der Waals surface area contributed by atoms with E-state index in [1.165, 1.54) is 0 Å². The summed E-state index contributed by atoms with van der Waals surface area (Å²) in [6, 6.07) is 12.7. The van der Waals surface area contributed by atoms with Gasteiger partial charge >= 0.3 is 0 Å². The van der Waals surface area contributed by atoms with Crippen molar-refractivity contribution in [2.75, 3.05) is 32.7 Å². The number of ether oxygens (including phenoxy) is 1. The molecule has 38 heavy (non-hydrogen) atoms. The van der Waals surface area contributed by atoms with Crippen LogP contribution in [0, 0.1) is 11.2 Å². The lowest BCUT2D eigenvalue weighted by Crippen LogP contribution is -2.52. The van der Waals surface area contributed by atoms with E-state index in [0.717, 1.165) is 38.2 Å². The van der Waals surface area contributed by atoms with Crippen LogP contribution >= 0.6 is 23.2 Å². The fourth-order valence-electron chi connectivity index (χ4n) is 6.37. The molecule has 4 rings (SSSR count). The summed E-state index contributed by atoms with van der Waals surface area (Å²) in [5, 5.41) is 8.24. The average Bonchev–Trinajstić information content (AvgIpc) is 3.09. The molecule has 2 saturated heterocycles. The molecule has 0 aromatic heterocycles. The van der Waals surface area contributed by atoms with Gasteiger partial charge < -0.3 is 21.1 Å². The maximum atomic E-state index is 15.6. The third-order valence-corrected chi connectivity index (χ3v) is 8.39. The molecule has 210 valence electrons. The Kier molecular flexibility index (Phi) is 9.46. The number of benzene rings is 2. The van der Waals surface area contributed by atoms with Crippen molar-refractivity contribution in [3.05, 3.63) is 69.5 Å². The van der Waals surface area contributed by atoms with Crippen LogP contribution < -0.4 is 16.4 Å². The fraction of sp³-hybridized carbons (Fsp3) is 0.600. The van der Waals surface area contributed by atoms with Crippen LogP contribution in [-0.4, -0.2) is 61.9 Å². The van der Waals surface area contributed by atoms with Crippen molar-refractivity contribution in [2.45, 2.75) is 76.8 Å². The van der Waals surface area contributed by atoms with E-state index in [1.807, 2.05) is 36.4 Å². The molecule has 0 unspecified atom stereocenters. The van der Waals surface area contributed by atoms with Crippen molar-refractivity contribution in [1.29, 1.82) is 0 Å². The highest BCUT2D eigenvalue weighted by atomic mass is 35.5. The molecule has 6 atom stereocenters. The minimum Gasteiger partial charge on any atom is -0.373 e. The van der Waals surface area contributed by atoms with E-state index < -0.39 is 11.4 Å². The van der Waals surface area contributed by atoms with Gasteiger partial charge in [-0.05, 0) is 55.0 Å². The summed E-state index contributed by atoms with van der Waals surface area (Å²) in [6.07, 6.45) is 1.30. The van der Waals surface area contributed by atoms with Crippen molar-refractivity contribution in [2.24, 2.45) is 11.1 Å². The van der Waals surface area contributed by atoms with E-state index in [4.69, 9.17) is 33.7 Å². The maximum Gasteiger partial charge on any atom is 0.145 e. The number of halogens is 3. The molecule has 2 heterocycles. The van der Waals surface area contributed by atoms with Gasteiger partial charge in [-0.25, -0.2) is 4.39 Å². The van der Waals surface area contributed by atoms with Gasteiger partial charge in [0.1, 0.15) is 5.82 Å². The Morgan fingerprint density at radius 1 is 1.11 bits per heavy atom. The van der Waals surface area contributed by atoms with Gasteiger partial charge in [-0.1, -0.05) is 68.2 Å². The highest BCUT2D eigenvalue weighted by Crippen LogP contribution is 2.49. The van der Waals surface area contributed by atoms with Crippen molar-refractivity contribution < 1.29 is 9.13 Å². The number of rotatable bonds is 8. The van der Waals surface area contributed by atoms with Crippen molar-refractivity contribution >= 4 is 23.2 Å². The molecule has 0 spiro atoms. The van der Waals surface area contributed by atoms with E-state index in [1.54, 1.807) is 6.07 Å². The number of hydrogen-bond donors (Lipinski definition) is 3. The van der Waals surface area contributed by atoms with Crippen LogP contribution in [-0.2, 0) is 10.3 Å². The highest BCUT2D eigenvalue weighted by molar-refractivity contribution is 6.31. The van der Waals surface area contributed by atoms with Gasteiger partial charge in [0.15, 0.2) is 0 Å². The minimum absolute atomic E-state index is 0.0121. The first-order valence-corrected chi connectivity index (χ1v) is 14.5. The quantitative estimate of drug-likeness (QED) is 0.367. The summed E-state index contributed by atoms with van der Waals surface area (Å²) in [5.74, 6) is -0.742. The van der Waals surface area contributed by atoms with Crippen LogP contribution in [0.2, 0.25) is 10.0 Å². The molecular weight excluding hydrogens is 522 g/mol. The third kappa shape index (κ3) is 6.72. The standard InChI is InChI=1S/C30H43Cl2FN4O/c1-19-17-37(18-20(2)38-19)14-13-35-16-25-27(23-7-6-8-24(32)28(23)33)30(34,21-9-11-22(31)12-10-21)26(36-25)15-29(3,4)5/h6-12,19-20,25-27,35-36H,13-18,34H2,1-5H3/t19-,20+,25-,26-,27-,30+/m0/s1. The van der Waals surface area contributed by atoms with Gasteiger partial charge in [-0.2, -0.15) is 0 Å². The number of nitrogens with one attached hydrogen (secondary N) is 2. The van der Waals surface area contributed by atoms with Gasteiger partial charge in [-0.15, -0.1) is 0 Å². The lowest BCUT2D eigenvalue weighted by Gasteiger charge is -2.40. The van der Waals surface area contributed by atoms with Crippen LogP contribution in [0.25, 0.3) is 0 Å². The highest BCUT2D eigenvalue weighted by Gasteiger charge is 2.55. The zero-order valence-electron chi connectivity index (χ0n) is 23.2. The van der Waals surface area contributed by atoms with E-state index >= 15 is 4.39 Å². The summed E-state index contributed by atoms with van der Waals surface area (Å²) in [4.78, 5) is 2.44. The van der Waals surface area contributed by atoms with Gasteiger partial charge in [0, 0.05) is 55.7 Å². The first-order valence-electron chi connectivity index (χ1n) is 13.7. The Balaban J connectivity index is 1.63. The van der Waals surface area contributed by atoms with Gasteiger partial charge in [-0.3, -0.25) is 4.90 Å². The Bertz CT molecular complexity index is 1070. The van der Waals surface area contributed by atoms with Crippen LogP contribution in [0.4, 0.5) is 4.39 Å². The Hall–Kier alpha value is -1.25. The lowest BCUT2D eigenvalue weighted by atomic mass is 9.68. The summed E-state index contributed by atoms with van der Waals surface area (Å²) in [5.41, 5.74) is 8.08. The molecular formula is C30H43Cl2FN4O. The second-order valence-electron chi connectivity index (χ2n) is 12.4. The topological polar surface area (TPSA) is 62.5 Å². The molecule has 0 radical (unpaired) electrons. The molecule has 2 aromatic carbocycles. The molecule has 4 N–H and O–H groups in total. The second-order valence-corrected chi connectivity index (χ2v) is 13.2. The number of hydrogen-bond acceptors (Lipinski definition) is 5. The van der Waals surface area contributed by atoms with Crippen LogP contribution in [0.3, 0.4) is 0 Å². The normalized spacial score (nSPS) is 30.6. The number of nitrogens with zero attached hydrogens (tertiary/aromatic N) is 1. The monoisotopic (exact) mass is 564 g/mol. The van der Waals surface area contributed by atoms with E-state index in [9.17, 15) is 0 Å². The average molecular weight is 566 g/mol. The van der Waals surface area contributed by atoms with Gasteiger partial charge in [0.25, 0.3) is 0 Å². The van der Waals surface area contributed by atoms with E-state index in [0.29, 0.717) is 17.1 Å². The number of morpholine rings is 1. The smallest absolute Gasteiger partial charge is 0.145 e. The molecule has 0 saturated carbocycles. The van der Waals surface area contributed by atoms with Crippen LogP contribution in [0.15, 0.2) is 42.5 Å². The molecule has 0 aliphatic carbocycles. The third-order valence-electron chi connectivity index (χ3n) is 7.85. The molecule has 2 fully saturated rings. The largest absolute Gasteiger partial charge is 0.373 e. The lowest BCUT2D eigenvalue weighted by molar-refractivity contribution is -0.0674. The molecule has 0 bridgehead atoms. The Morgan fingerprint density at radius 2 is 1.76 bits per heavy atom. The van der Waals surface area contributed by atoms with E-state index in [-0.39, 0.29) is 40.6 Å².